The van der Waals surface area contributed by atoms with Crippen molar-refractivity contribution in [3.63, 3.8) is 0 Å². The summed E-state index contributed by atoms with van der Waals surface area (Å²) >= 11 is 0. The fourth-order valence-electron chi connectivity index (χ4n) is 2.89. The molecule has 3 N–H and O–H groups in total. The average Bonchev–Trinajstić information content (AvgIpc) is 2.75. The van der Waals surface area contributed by atoms with E-state index in [-0.39, 0.29) is 18.1 Å². The van der Waals surface area contributed by atoms with Gasteiger partial charge in [0.25, 0.3) is 5.91 Å². The highest BCUT2D eigenvalue weighted by atomic mass is 19.1. The zero-order valence-corrected chi connectivity index (χ0v) is 16.1. The number of anilines is 2. The van der Waals surface area contributed by atoms with Crippen LogP contribution in [0.15, 0.2) is 60.9 Å². The summed E-state index contributed by atoms with van der Waals surface area (Å²) in [5.41, 5.74) is 8.05. The number of aromatic nitrogens is 3. The maximum absolute atomic E-state index is 13.7. The van der Waals surface area contributed by atoms with Crippen LogP contribution in [-0.4, -0.2) is 20.9 Å². The van der Waals surface area contributed by atoms with Gasteiger partial charge in [0.2, 0.25) is 5.95 Å². The monoisotopic (exact) mass is 403 g/mol. The number of amides is 1. The predicted molar refractivity (Wildman–Crippen MR) is 111 cm³/mol. The summed E-state index contributed by atoms with van der Waals surface area (Å²) in [6, 6.07) is 13.6. The highest BCUT2D eigenvalue weighted by molar-refractivity contribution is 5.90. The number of hydrogen-bond donors (Lipinski definition) is 2. The number of nitrogens with zero attached hydrogens (tertiary/aromatic N) is 3. The Morgan fingerprint density at radius 3 is 2.87 bits per heavy atom. The zero-order valence-electron chi connectivity index (χ0n) is 16.1. The lowest BCUT2D eigenvalue weighted by Gasteiger charge is -2.10. The Bertz CT molecular complexity index is 1250. The molecular weight excluding hydrogens is 385 g/mol. The third-order valence-corrected chi connectivity index (χ3v) is 4.55. The molecular formula is C22H18FN5O2. The second-order valence-corrected chi connectivity index (χ2v) is 6.65. The van der Waals surface area contributed by atoms with E-state index in [9.17, 15) is 9.18 Å². The van der Waals surface area contributed by atoms with Crippen molar-refractivity contribution in [1.29, 1.82) is 0 Å². The molecule has 0 atom stereocenters. The molecule has 0 aliphatic carbocycles. The zero-order chi connectivity index (χ0) is 21.1. The summed E-state index contributed by atoms with van der Waals surface area (Å²) in [5.74, 6) is 0.128. The minimum Gasteiger partial charge on any atom is -0.489 e. The number of ether oxygens (including phenoxy) is 1. The number of rotatable bonds is 6. The number of benzene rings is 2. The van der Waals surface area contributed by atoms with Gasteiger partial charge in [-0.25, -0.2) is 14.4 Å². The maximum Gasteiger partial charge on any atom is 0.267 e. The van der Waals surface area contributed by atoms with E-state index in [2.05, 4.69) is 20.3 Å². The molecule has 7 nitrogen and oxygen atoms in total. The van der Waals surface area contributed by atoms with Crippen LogP contribution in [0.2, 0.25) is 0 Å². The summed E-state index contributed by atoms with van der Waals surface area (Å²) in [5, 5.41) is 3.84. The van der Waals surface area contributed by atoms with E-state index in [0.29, 0.717) is 28.5 Å². The number of hydrogen-bond acceptors (Lipinski definition) is 6. The van der Waals surface area contributed by atoms with Crippen molar-refractivity contribution in [3.05, 3.63) is 83.6 Å². The van der Waals surface area contributed by atoms with Crippen molar-refractivity contribution in [2.75, 3.05) is 5.32 Å². The molecule has 0 saturated carbocycles. The SMILES string of the molecule is Cc1c(F)cccc1Nc1ncc2cc(OCc3ccnc(C(N)=O)c3)ccc2n1. The molecule has 4 rings (SSSR count). The molecule has 0 spiro atoms. The Balaban J connectivity index is 1.50. The molecule has 2 aromatic heterocycles. The summed E-state index contributed by atoms with van der Waals surface area (Å²) in [4.78, 5) is 23.9. The van der Waals surface area contributed by atoms with Gasteiger partial charge in [-0.05, 0) is 55.0 Å². The van der Waals surface area contributed by atoms with Crippen molar-refractivity contribution in [2.24, 2.45) is 5.73 Å². The predicted octanol–water partition coefficient (Wildman–Crippen LogP) is 3.89. The molecule has 0 bridgehead atoms. The van der Waals surface area contributed by atoms with Crippen LogP contribution in [0.3, 0.4) is 0 Å². The molecule has 0 aliphatic rings. The maximum atomic E-state index is 13.7. The highest BCUT2D eigenvalue weighted by Crippen LogP contribution is 2.24. The average molecular weight is 403 g/mol. The van der Waals surface area contributed by atoms with E-state index >= 15 is 0 Å². The Morgan fingerprint density at radius 2 is 2.03 bits per heavy atom. The van der Waals surface area contributed by atoms with Crippen LogP contribution in [-0.2, 0) is 6.61 Å². The number of carbonyl (C=O) groups is 1. The molecule has 2 aromatic carbocycles. The summed E-state index contributed by atoms with van der Waals surface area (Å²) < 4.78 is 19.5. The Kier molecular flexibility index (Phi) is 5.21. The van der Waals surface area contributed by atoms with E-state index in [4.69, 9.17) is 10.5 Å². The smallest absolute Gasteiger partial charge is 0.267 e. The first-order chi connectivity index (χ1) is 14.5. The molecule has 0 saturated heterocycles. The molecule has 150 valence electrons. The lowest BCUT2D eigenvalue weighted by molar-refractivity contribution is 0.0995. The number of fused-ring (bicyclic) bond motifs is 1. The fourth-order valence-corrected chi connectivity index (χ4v) is 2.89. The molecule has 4 aromatic rings. The Morgan fingerprint density at radius 1 is 1.17 bits per heavy atom. The Labute approximate surface area is 171 Å². The van der Waals surface area contributed by atoms with Gasteiger partial charge < -0.3 is 15.8 Å². The number of halogens is 1. The first-order valence-electron chi connectivity index (χ1n) is 9.16. The van der Waals surface area contributed by atoms with Crippen molar-refractivity contribution >= 4 is 28.4 Å². The van der Waals surface area contributed by atoms with E-state index < -0.39 is 5.91 Å². The third kappa shape index (κ3) is 4.17. The van der Waals surface area contributed by atoms with Gasteiger partial charge in [-0.3, -0.25) is 9.78 Å². The number of pyridine rings is 1. The lowest BCUT2D eigenvalue weighted by atomic mass is 10.2. The van der Waals surface area contributed by atoms with Gasteiger partial charge in [0, 0.05) is 29.0 Å². The van der Waals surface area contributed by atoms with Crippen molar-refractivity contribution in [3.8, 4) is 5.75 Å². The van der Waals surface area contributed by atoms with Gasteiger partial charge in [-0.2, -0.15) is 0 Å². The van der Waals surface area contributed by atoms with Crippen molar-refractivity contribution in [2.45, 2.75) is 13.5 Å². The van der Waals surface area contributed by atoms with E-state index in [1.54, 1.807) is 43.5 Å². The first kappa shape index (κ1) is 19.3. The molecule has 0 fully saturated rings. The number of nitrogens with two attached hydrogens (primary N) is 1. The van der Waals surface area contributed by atoms with E-state index in [1.165, 1.54) is 12.3 Å². The lowest BCUT2D eigenvalue weighted by Crippen LogP contribution is -2.13. The Hall–Kier alpha value is -4.07. The number of primary amides is 1. The second kappa shape index (κ2) is 8.12. The minimum atomic E-state index is -0.586. The first-order valence-corrected chi connectivity index (χ1v) is 9.16. The minimum absolute atomic E-state index is 0.191. The molecule has 8 heteroatoms. The fraction of sp³-hybridized carbons (Fsp3) is 0.0909. The van der Waals surface area contributed by atoms with Gasteiger partial charge >= 0.3 is 0 Å². The number of carbonyl (C=O) groups excluding carboxylic acids is 1. The van der Waals surface area contributed by atoms with Crippen LogP contribution in [0.4, 0.5) is 16.0 Å². The van der Waals surface area contributed by atoms with Crippen LogP contribution in [0, 0.1) is 12.7 Å². The van der Waals surface area contributed by atoms with Crippen molar-refractivity contribution in [1.82, 2.24) is 15.0 Å². The molecule has 0 radical (unpaired) electrons. The summed E-state index contributed by atoms with van der Waals surface area (Å²) in [6.45, 7) is 1.95. The normalized spacial score (nSPS) is 10.7. The van der Waals surface area contributed by atoms with Crippen LogP contribution in [0.25, 0.3) is 10.9 Å². The van der Waals surface area contributed by atoms with Crippen LogP contribution >= 0.6 is 0 Å². The third-order valence-electron chi connectivity index (χ3n) is 4.55. The van der Waals surface area contributed by atoms with Gasteiger partial charge in [0.1, 0.15) is 23.9 Å². The van der Waals surface area contributed by atoms with Crippen molar-refractivity contribution < 1.29 is 13.9 Å². The van der Waals surface area contributed by atoms with Crippen LogP contribution < -0.4 is 15.8 Å². The molecule has 1 amide bonds. The second-order valence-electron chi connectivity index (χ2n) is 6.65. The van der Waals surface area contributed by atoms with Gasteiger partial charge in [-0.1, -0.05) is 6.07 Å². The molecule has 2 heterocycles. The van der Waals surface area contributed by atoms with Gasteiger partial charge in [0.15, 0.2) is 0 Å². The topological polar surface area (TPSA) is 103 Å². The van der Waals surface area contributed by atoms with Crippen LogP contribution in [0.5, 0.6) is 5.75 Å². The van der Waals surface area contributed by atoms with E-state index in [0.717, 1.165) is 10.9 Å². The standard InChI is InChI=1S/C22H18FN5O2/c1-13-17(23)3-2-4-18(13)27-22-26-11-15-10-16(5-6-19(15)28-22)30-12-14-7-8-25-20(9-14)21(24)29/h2-11H,12H2,1H3,(H2,24,29)(H,26,27,28). The summed E-state index contributed by atoms with van der Waals surface area (Å²) in [6.07, 6.45) is 3.19. The number of nitrogens with one attached hydrogen (secondary N) is 1. The molecule has 30 heavy (non-hydrogen) atoms. The largest absolute Gasteiger partial charge is 0.489 e. The highest BCUT2D eigenvalue weighted by Gasteiger charge is 2.08. The van der Waals surface area contributed by atoms with Gasteiger partial charge in [-0.15, -0.1) is 0 Å². The van der Waals surface area contributed by atoms with E-state index in [1.807, 2.05) is 12.1 Å². The van der Waals surface area contributed by atoms with Gasteiger partial charge in [0.05, 0.1) is 5.52 Å². The van der Waals surface area contributed by atoms with Crippen LogP contribution in [0.1, 0.15) is 21.6 Å². The summed E-state index contributed by atoms with van der Waals surface area (Å²) in [7, 11) is 0. The quantitative estimate of drug-likeness (QED) is 0.506. The molecule has 0 unspecified atom stereocenters. The molecule has 0 aliphatic heterocycles.